The monoisotopic (exact) mass is 528 g/mol. The molecule has 10 heteroatoms. The normalized spacial score (nSPS) is 22.4. The van der Waals surface area contributed by atoms with Crippen LogP contribution in [0.5, 0.6) is 0 Å². The highest BCUT2D eigenvalue weighted by Crippen LogP contribution is 2.32. The predicted molar refractivity (Wildman–Crippen MR) is 137 cm³/mol. The molecule has 2 N–H and O–H groups in total. The molecule has 0 saturated heterocycles. The molecule has 2 saturated carbocycles. The summed E-state index contributed by atoms with van der Waals surface area (Å²) in [6.07, 6.45) is 9.33. The van der Waals surface area contributed by atoms with E-state index in [4.69, 9.17) is 10.5 Å². The lowest BCUT2D eigenvalue weighted by Crippen LogP contribution is -2.52. The lowest BCUT2D eigenvalue weighted by atomic mass is 9.78. The van der Waals surface area contributed by atoms with Gasteiger partial charge in [0.15, 0.2) is 19.7 Å². The van der Waals surface area contributed by atoms with Crippen molar-refractivity contribution in [1.29, 1.82) is 0 Å². The van der Waals surface area contributed by atoms with E-state index in [1.54, 1.807) is 18.2 Å². The second kappa shape index (κ2) is 11.7. The molecule has 0 aromatic heterocycles. The van der Waals surface area contributed by atoms with Gasteiger partial charge in [-0.1, -0.05) is 18.2 Å². The molecular formula is C25H40N2O6S2. The zero-order valence-electron chi connectivity index (χ0n) is 21.1. The Morgan fingerprint density at radius 2 is 1.63 bits per heavy atom. The molecule has 2 aliphatic carbocycles. The van der Waals surface area contributed by atoms with Crippen LogP contribution in [0.15, 0.2) is 18.2 Å². The minimum absolute atomic E-state index is 0.0572. The summed E-state index contributed by atoms with van der Waals surface area (Å²) in [6.45, 7) is 0.763. The highest BCUT2D eigenvalue weighted by molar-refractivity contribution is 7.90. The fourth-order valence-electron chi connectivity index (χ4n) is 5.07. The SMILES string of the molecule is CN(C(=O)[C@@H](N)C1CCC(COCc2cc(CS(C)(=O)=O)ccc2CS(C)(=O)=O)CC1)C1CCC1. The molecule has 3 rings (SSSR count). The average Bonchev–Trinajstić information content (AvgIpc) is 2.71. The van der Waals surface area contributed by atoms with Crippen LogP contribution in [0.4, 0.5) is 0 Å². The van der Waals surface area contributed by atoms with E-state index in [1.165, 1.54) is 18.9 Å². The third kappa shape index (κ3) is 8.55. The van der Waals surface area contributed by atoms with Crippen molar-refractivity contribution in [2.45, 2.75) is 75.1 Å². The summed E-state index contributed by atoms with van der Waals surface area (Å²) >= 11 is 0. The molecule has 0 radical (unpaired) electrons. The lowest BCUT2D eigenvalue weighted by molar-refractivity contribution is -0.136. The first-order valence-electron chi connectivity index (χ1n) is 12.4. The molecule has 2 aliphatic rings. The van der Waals surface area contributed by atoms with Crippen molar-refractivity contribution in [3.63, 3.8) is 0 Å². The molecule has 0 bridgehead atoms. The number of hydrogen-bond acceptors (Lipinski definition) is 7. The van der Waals surface area contributed by atoms with Crippen LogP contribution in [0.3, 0.4) is 0 Å². The van der Waals surface area contributed by atoms with Crippen molar-refractivity contribution in [3.05, 3.63) is 34.9 Å². The van der Waals surface area contributed by atoms with E-state index in [0.29, 0.717) is 35.3 Å². The van der Waals surface area contributed by atoms with Crippen molar-refractivity contribution in [2.75, 3.05) is 26.2 Å². The smallest absolute Gasteiger partial charge is 0.239 e. The van der Waals surface area contributed by atoms with Crippen LogP contribution >= 0.6 is 0 Å². The average molecular weight is 529 g/mol. The Morgan fingerprint density at radius 3 is 2.17 bits per heavy atom. The van der Waals surface area contributed by atoms with Crippen LogP contribution in [0.1, 0.15) is 61.6 Å². The maximum absolute atomic E-state index is 12.7. The Morgan fingerprint density at radius 1 is 1.00 bits per heavy atom. The highest BCUT2D eigenvalue weighted by Gasteiger charge is 2.34. The van der Waals surface area contributed by atoms with Crippen molar-refractivity contribution in [2.24, 2.45) is 17.6 Å². The van der Waals surface area contributed by atoms with Gasteiger partial charge in [0.1, 0.15) is 0 Å². The lowest BCUT2D eigenvalue weighted by Gasteiger charge is -2.38. The Balaban J connectivity index is 1.52. The van der Waals surface area contributed by atoms with Gasteiger partial charge in [-0.25, -0.2) is 16.8 Å². The van der Waals surface area contributed by atoms with Gasteiger partial charge in [0.05, 0.1) is 24.2 Å². The van der Waals surface area contributed by atoms with Crippen molar-refractivity contribution >= 4 is 25.6 Å². The maximum Gasteiger partial charge on any atom is 0.239 e. The van der Waals surface area contributed by atoms with E-state index >= 15 is 0 Å². The number of nitrogens with two attached hydrogens (primary N) is 1. The van der Waals surface area contributed by atoms with Gasteiger partial charge in [0, 0.05) is 32.2 Å². The molecule has 198 valence electrons. The summed E-state index contributed by atoms with van der Waals surface area (Å²) in [6, 6.07) is 4.99. The van der Waals surface area contributed by atoms with Crippen LogP contribution in [0, 0.1) is 11.8 Å². The second-order valence-corrected chi connectivity index (χ2v) is 14.9. The molecule has 35 heavy (non-hydrogen) atoms. The van der Waals surface area contributed by atoms with Gasteiger partial charge in [0.2, 0.25) is 5.91 Å². The second-order valence-electron chi connectivity index (χ2n) is 10.6. The molecule has 2 fully saturated rings. The first-order chi connectivity index (χ1) is 16.3. The van der Waals surface area contributed by atoms with E-state index < -0.39 is 25.7 Å². The molecule has 8 nitrogen and oxygen atoms in total. The minimum atomic E-state index is -3.24. The Labute approximate surface area is 210 Å². The Kier molecular flexibility index (Phi) is 9.39. The molecule has 0 aliphatic heterocycles. The van der Waals surface area contributed by atoms with Crippen LogP contribution in [0.25, 0.3) is 0 Å². The van der Waals surface area contributed by atoms with Gasteiger partial charge in [-0.15, -0.1) is 0 Å². The molecule has 1 atom stereocenters. The molecule has 0 spiro atoms. The molecular weight excluding hydrogens is 488 g/mol. The van der Waals surface area contributed by atoms with E-state index in [2.05, 4.69) is 0 Å². The van der Waals surface area contributed by atoms with E-state index in [0.717, 1.165) is 38.5 Å². The van der Waals surface area contributed by atoms with Crippen molar-refractivity contribution < 1.29 is 26.4 Å². The summed E-state index contributed by atoms with van der Waals surface area (Å²) in [5.74, 6) is 0.391. The number of ether oxygens (including phenoxy) is 1. The number of benzene rings is 1. The van der Waals surface area contributed by atoms with E-state index in [1.807, 2.05) is 11.9 Å². The standard InChI is InChI=1S/C25H40N2O6S2/c1-27(23-5-4-6-23)25(28)24(26)20-10-7-18(8-11-20)14-33-15-22-13-19(16-34(2,29)30)9-12-21(22)17-35(3,31)32/h9,12-13,18,20,23-24H,4-8,10-11,14-17,26H2,1-3H3/t18?,20?,24-/m0/s1. The zero-order chi connectivity index (χ0) is 25.8. The number of sulfone groups is 2. The largest absolute Gasteiger partial charge is 0.376 e. The van der Waals surface area contributed by atoms with Crippen molar-refractivity contribution in [3.8, 4) is 0 Å². The molecule has 0 heterocycles. The summed E-state index contributed by atoms with van der Waals surface area (Å²) in [7, 11) is -4.57. The summed E-state index contributed by atoms with van der Waals surface area (Å²) in [5, 5.41) is 0. The van der Waals surface area contributed by atoms with Crippen LogP contribution in [0.2, 0.25) is 0 Å². The third-order valence-electron chi connectivity index (χ3n) is 7.38. The predicted octanol–water partition coefficient (Wildman–Crippen LogP) is 2.44. The summed E-state index contributed by atoms with van der Waals surface area (Å²) in [4.78, 5) is 14.6. The third-order valence-corrected chi connectivity index (χ3v) is 9.08. The number of amides is 1. The topological polar surface area (TPSA) is 124 Å². The first-order valence-corrected chi connectivity index (χ1v) is 16.5. The summed E-state index contributed by atoms with van der Waals surface area (Å²) < 4.78 is 53.1. The van der Waals surface area contributed by atoms with Crippen LogP contribution in [-0.2, 0) is 47.3 Å². The van der Waals surface area contributed by atoms with E-state index in [-0.39, 0.29) is 29.9 Å². The molecule has 1 amide bonds. The fourth-order valence-corrected chi connectivity index (χ4v) is 6.70. The van der Waals surface area contributed by atoms with Crippen LogP contribution in [-0.4, -0.2) is 65.9 Å². The van der Waals surface area contributed by atoms with Gasteiger partial charge < -0.3 is 15.4 Å². The Hall–Kier alpha value is -1.49. The van der Waals surface area contributed by atoms with Gasteiger partial charge in [-0.2, -0.15) is 0 Å². The highest BCUT2D eigenvalue weighted by atomic mass is 32.2. The van der Waals surface area contributed by atoms with Crippen LogP contribution < -0.4 is 5.73 Å². The minimum Gasteiger partial charge on any atom is -0.376 e. The summed E-state index contributed by atoms with van der Waals surface area (Å²) in [5.41, 5.74) is 8.30. The van der Waals surface area contributed by atoms with Gasteiger partial charge >= 0.3 is 0 Å². The van der Waals surface area contributed by atoms with Gasteiger partial charge in [0.25, 0.3) is 0 Å². The number of hydrogen-bond donors (Lipinski definition) is 1. The maximum atomic E-state index is 12.7. The number of carbonyl (C=O) groups excluding carboxylic acids is 1. The van der Waals surface area contributed by atoms with E-state index in [9.17, 15) is 21.6 Å². The number of nitrogens with zero attached hydrogens (tertiary/aromatic N) is 1. The molecule has 0 unspecified atom stereocenters. The zero-order valence-corrected chi connectivity index (χ0v) is 22.7. The van der Waals surface area contributed by atoms with Gasteiger partial charge in [-0.3, -0.25) is 4.79 Å². The number of rotatable bonds is 11. The molecule has 1 aromatic carbocycles. The first kappa shape index (κ1) is 28.1. The van der Waals surface area contributed by atoms with Crippen molar-refractivity contribution in [1.82, 2.24) is 4.90 Å². The Bertz CT molecular complexity index is 1090. The molecule has 1 aromatic rings. The number of likely N-dealkylation sites (N-methyl/N-ethyl adjacent to an activating group) is 1. The quantitative estimate of drug-likeness (QED) is 0.468. The fraction of sp³-hybridized carbons (Fsp3) is 0.720. The van der Waals surface area contributed by atoms with Gasteiger partial charge in [-0.05, 0) is 73.5 Å². The number of carbonyl (C=O) groups is 1.